The van der Waals surface area contributed by atoms with E-state index < -0.39 is 5.60 Å². The van der Waals surface area contributed by atoms with Gasteiger partial charge in [0, 0.05) is 19.7 Å². The largest absolute Gasteiger partial charge is 0.444 e. The van der Waals surface area contributed by atoms with Crippen molar-refractivity contribution in [1.82, 2.24) is 10.2 Å². The lowest BCUT2D eigenvalue weighted by molar-refractivity contribution is 0.0252. The van der Waals surface area contributed by atoms with Gasteiger partial charge in [0.1, 0.15) is 5.60 Å². The molecular formula is C18H34N2O3. The van der Waals surface area contributed by atoms with Crippen LogP contribution in [-0.4, -0.2) is 55.0 Å². The van der Waals surface area contributed by atoms with Crippen molar-refractivity contribution in [1.29, 1.82) is 0 Å². The van der Waals surface area contributed by atoms with Gasteiger partial charge in [0.15, 0.2) is 0 Å². The monoisotopic (exact) mass is 326 g/mol. The Kier molecular flexibility index (Phi) is 5.95. The molecule has 1 aliphatic heterocycles. The van der Waals surface area contributed by atoms with Gasteiger partial charge < -0.3 is 19.7 Å². The molecule has 0 bridgehead atoms. The summed E-state index contributed by atoms with van der Waals surface area (Å²) < 4.78 is 11.1. The van der Waals surface area contributed by atoms with Gasteiger partial charge in [0.05, 0.1) is 18.7 Å². The molecule has 2 aliphatic rings. The predicted molar refractivity (Wildman–Crippen MR) is 91.5 cm³/mol. The second kappa shape index (κ2) is 7.39. The maximum absolute atomic E-state index is 12.3. The number of nitrogens with zero attached hydrogens (tertiary/aromatic N) is 1. The van der Waals surface area contributed by atoms with Crippen LogP contribution in [0, 0.1) is 11.8 Å². The maximum atomic E-state index is 12.3. The normalized spacial score (nSPS) is 35.4. The molecule has 0 radical (unpaired) electrons. The molecule has 5 heteroatoms. The van der Waals surface area contributed by atoms with E-state index >= 15 is 0 Å². The molecule has 0 aromatic rings. The van der Waals surface area contributed by atoms with Crippen molar-refractivity contribution >= 4 is 6.09 Å². The van der Waals surface area contributed by atoms with Crippen LogP contribution in [0.1, 0.15) is 53.9 Å². The average molecular weight is 326 g/mol. The summed E-state index contributed by atoms with van der Waals surface area (Å²) >= 11 is 0. The molecule has 1 saturated carbocycles. The van der Waals surface area contributed by atoms with Crippen LogP contribution < -0.4 is 5.32 Å². The number of hydrogen-bond acceptors (Lipinski definition) is 4. The van der Waals surface area contributed by atoms with E-state index in [1.807, 2.05) is 20.8 Å². The average Bonchev–Trinajstić information content (AvgIpc) is 2.85. The Morgan fingerprint density at radius 3 is 2.43 bits per heavy atom. The first-order valence-electron chi connectivity index (χ1n) is 8.98. The molecule has 0 spiro atoms. The van der Waals surface area contributed by atoms with E-state index in [1.54, 1.807) is 12.0 Å². The Bertz CT molecular complexity index is 408. The number of ether oxygens (including phenoxy) is 2. The minimum Gasteiger partial charge on any atom is -0.444 e. The molecule has 2 rings (SSSR count). The molecule has 1 N–H and O–H groups in total. The third-order valence-corrected chi connectivity index (χ3v) is 5.36. The summed E-state index contributed by atoms with van der Waals surface area (Å²) in [6.07, 6.45) is 3.61. The molecule has 134 valence electrons. The lowest BCUT2D eigenvalue weighted by atomic mass is 9.77. The van der Waals surface area contributed by atoms with Crippen LogP contribution in [0.25, 0.3) is 0 Å². The Morgan fingerprint density at radius 2 is 1.83 bits per heavy atom. The summed E-state index contributed by atoms with van der Waals surface area (Å²) in [5.41, 5.74) is -0.460. The van der Waals surface area contributed by atoms with Crippen molar-refractivity contribution < 1.29 is 14.3 Å². The van der Waals surface area contributed by atoms with Crippen LogP contribution in [-0.2, 0) is 9.47 Å². The quantitative estimate of drug-likeness (QED) is 0.866. The fourth-order valence-corrected chi connectivity index (χ4v) is 3.74. The van der Waals surface area contributed by atoms with E-state index in [0.717, 1.165) is 5.92 Å². The molecule has 0 aromatic heterocycles. The lowest BCUT2D eigenvalue weighted by Gasteiger charge is -2.37. The highest BCUT2D eigenvalue weighted by molar-refractivity contribution is 5.68. The number of carbonyl (C=O) groups excluding carboxylic acids is 1. The number of nitrogens with one attached hydrogen (secondary N) is 1. The number of rotatable bonds is 3. The molecular weight excluding hydrogens is 292 g/mol. The van der Waals surface area contributed by atoms with E-state index in [4.69, 9.17) is 9.47 Å². The zero-order valence-corrected chi connectivity index (χ0v) is 15.6. The summed E-state index contributed by atoms with van der Waals surface area (Å²) in [4.78, 5) is 14.1. The van der Waals surface area contributed by atoms with E-state index in [-0.39, 0.29) is 18.2 Å². The molecule has 5 atom stereocenters. The molecule has 1 heterocycles. The summed E-state index contributed by atoms with van der Waals surface area (Å²) in [6.45, 7) is 11.6. The van der Waals surface area contributed by atoms with Crippen LogP contribution in [0.5, 0.6) is 0 Å². The summed E-state index contributed by atoms with van der Waals surface area (Å²) in [6, 6.07) is 0.699. The number of amides is 1. The third kappa shape index (κ3) is 4.83. The Hall–Kier alpha value is -0.810. The van der Waals surface area contributed by atoms with Crippen molar-refractivity contribution in [3.8, 4) is 0 Å². The first kappa shape index (κ1) is 18.5. The molecule has 2 fully saturated rings. The van der Waals surface area contributed by atoms with Crippen LogP contribution in [0.15, 0.2) is 0 Å². The maximum Gasteiger partial charge on any atom is 0.410 e. The van der Waals surface area contributed by atoms with Gasteiger partial charge in [0.25, 0.3) is 0 Å². The van der Waals surface area contributed by atoms with E-state index in [2.05, 4.69) is 19.2 Å². The molecule has 5 nitrogen and oxygen atoms in total. The van der Waals surface area contributed by atoms with Gasteiger partial charge in [-0.05, 0) is 39.0 Å². The number of likely N-dealkylation sites (tertiary alicyclic amines) is 1. The van der Waals surface area contributed by atoms with Crippen LogP contribution in [0.4, 0.5) is 4.79 Å². The van der Waals surface area contributed by atoms with Crippen molar-refractivity contribution in [2.45, 2.75) is 77.7 Å². The number of carbonyl (C=O) groups is 1. The second-order valence-electron chi connectivity index (χ2n) is 8.31. The second-order valence-corrected chi connectivity index (χ2v) is 8.31. The van der Waals surface area contributed by atoms with Crippen LogP contribution in [0.2, 0.25) is 0 Å². The van der Waals surface area contributed by atoms with Crippen molar-refractivity contribution in [3.63, 3.8) is 0 Å². The SMILES string of the molecule is CO[C@H]1CN(C(=O)OC(C)(C)C)CC1NC1CCCC(C)C1C. The first-order valence-corrected chi connectivity index (χ1v) is 8.98. The zero-order valence-electron chi connectivity index (χ0n) is 15.6. The molecule has 1 amide bonds. The zero-order chi connectivity index (χ0) is 17.2. The van der Waals surface area contributed by atoms with Gasteiger partial charge in [-0.2, -0.15) is 0 Å². The molecule has 1 aliphatic carbocycles. The van der Waals surface area contributed by atoms with Crippen molar-refractivity contribution in [2.24, 2.45) is 11.8 Å². The van der Waals surface area contributed by atoms with Gasteiger partial charge in [-0.15, -0.1) is 0 Å². The smallest absolute Gasteiger partial charge is 0.410 e. The minimum atomic E-state index is -0.460. The summed E-state index contributed by atoms with van der Waals surface area (Å²) in [5.74, 6) is 1.42. The van der Waals surface area contributed by atoms with Crippen LogP contribution >= 0.6 is 0 Å². The van der Waals surface area contributed by atoms with E-state index in [9.17, 15) is 4.79 Å². The van der Waals surface area contributed by atoms with E-state index in [0.29, 0.717) is 25.0 Å². The highest BCUT2D eigenvalue weighted by Gasteiger charge is 2.39. The fourth-order valence-electron chi connectivity index (χ4n) is 3.74. The molecule has 23 heavy (non-hydrogen) atoms. The van der Waals surface area contributed by atoms with Gasteiger partial charge in [-0.3, -0.25) is 0 Å². The van der Waals surface area contributed by atoms with Crippen molar-refractivity contribution in [2.75, 3.05) is 20.2 Å². The standard InChI is InChI=1S/C18H34N2O3/c1-12-8-7-9-14(13(12)2)19-15-10-20(11-16(15)22-6)17(21)23-18(3,4)5/h12-16,19H,7-11H2,1-6H3/t12?,13?,14?,15?,16-/m0/s1. The van der Waals surface area contributed by atoms with Gasteiger partial charge >= 0.3 is 6.09 Å². The van der Waals surface area contributed by atoms with Gasteiger partial charge in [-0.1, -0.05) is 26.7 Å². The minimum absolute atomic E-state index is 0.0342. The first-order chi connectivity index (χ1) is 10.7. The number of methoxy groups -OCH3 is 1. The third-order valence-electron chi connectivity index (χ3n) is 5.36. The fraction of sp³-hybridized carbons (Fsp3) is 0.944. The Balaban J connectivity index is 1.95. The highest BCUT2D eigenvalue weighted by atomic mass is 16.6. The number of hydrogen-bond donors (Lipinski definition) is 1. The Labute approximate surface area is 141 Å². The van der Waals surface area contributed by atoms with Crippen molar-refractivity contribution in [3.05, 3.63) is 0 Å². The molecule has 1 saturated heterocycles. The predicted octanol–water partition coefficient (Wildman–Crippen LogP) is 3.04. The molecule has 0 aromatic carbocycles. The summed E-state index contributed by atoms with van der Waals surface area (Å²) in [5, 5.41) is 3.77. The Morgan fingerprint density at radius 1 is 1.13 bits per heavy atom. The molecule has 4 unspecified atom stereocenters. The van der Waals surface area contributed by atoms with E-state index in [1.165, 1.54) is 19.3 Å². The lowest BCUT2D eigenvalue weighted by Crippen LogP contribution is -2.50. The highest BCUT2D eigenvalue weighted by Crippen LogP contribution is 2.30. The van der Waals surface area contributed by atoms with Gasteiger partial charge in [0.2, 0.25) is 0 Å². The summed E-state index contributed by atoms with van der Waals surface area (Å²) in [7, 11) is 1.73. The topological polar surface area (TPSA) is 50.8 Å². The van der Waals surface area contributed by atoms with Crippen LogP contribution in [0.3, 0.4) is 0 Å². The van der Waals surface area contributed by atoms with Gasteiger partial charge in [-0.25, -0.2) is 4.79 Å².